The van der Waals surface area contributed by atoms with Crippen LogP contribution in [-0.2, 0) is 0 Å². The molecule has 0 atom stereocenters. The number of pyridine rings is 1. The van der Waals surface area contributed by atoms with E-state index in [1.54, 1.807) is 38.5 Å². The highest BCUT2D eigenvalue weighted by molar-refractivity contribution is 6.08. The molecule has 0 bridgehead atoms. The van der Waals surface area contributed by atoms with E-state index in [1.807, 2.05) is 0 Å². The molecular formula is C14H14FN3O. The smallest absolute Gasteiger partial charge is 0.257 e. The van der Waals surface area contributed by atoms with Gasteiger partial charge in [0.25, 0.3) is 5.91 Å². The van der Waals surface area contributed by atoms with Gasteiger partial charge in [-0.25, -0.2) is 4.39 Å². The van der Waals surface area contributed by atoms with E-state index >= 15 is 0 Å². The quantitative estimate of drug-likeness (QED) is 0.891. The first-order chi connectivity index (χ1) is 9.11. The molecule has 4 nitrogen and oxygen atoms in total. The Morgan fingerprint density at radius 3 is 2.74 bits per heavy atom. The first kappa shape index (κ1) is 13.0. The molecule has 5 heteroatoms. The second kappa shape index (κ2) is 5.48. The third-order valence-corrected chi connectivity index (χ3v) is 2.77. The van der Waals surface area contributed by atoms with Gasteiger partial charge in [0.15, 0.2) is 0 Å². The molecule has 1 heterocycles. The lowest BCUT2D eigenvalue weighted by molar-refractivity contribution is 0.102. The van der Waals surface area contributed by atoms with Crippen LogP contribution in [-0.4, -0.2) is 17.9 Å². The average Bonchev–Trinajstić information content (AvgIpc) is 2.41. The van der Waals surface area contributed by atoms with Crippen molar-refractivity contribution in [1.29, 1.82) is 0 Å². The maximum absolute atomic E-state index is 13.0. The zero-order chi connectivity index (χ0) is 13.8. The summed E-state index contributed by atoms with van der Waals surface area (Å²) in [5.74, 6) is -0.586. The molecule has 0 fully saturated rings. The fraction of sp³-hybridized carbons (Fsp3) is 0.143. The highest BCUT2D eigenvalue weighted by atomic mass is 19.1. The Hall–Kier alpha value is -2.43. The molecule has 0 saturated heterocycles. The topological polar surface area (TPSA) is 54.0 Å². The maximum atomic E-state index is 13.0. The summed E-state index contributed by atoms with van der Waals surface area (Å²) >= 11 is 0. The highest BCUT2D eigenvalue weighted by Crippen LogP contribution is 2.19. The minimum absolute atomic E-state index is 0.263. The Balaban J connectivity index is 2.26. The molecule has 0 aliphatic heterocycles. The summed E-state index contributed by atoms with van der Waals surface area (Å²) in [5.41, 5.74) is 2.39. The number of carbonyl (C=O) groups is 1. The molecule has 2 N–H and O–H groups in total. The standard InChI is InChI=1S/C14H14FN3O/c1-9-7-10(15)3-4-12(9)18-14(19)11-5-6-17-8-13(11)16-2/h3-8,16H,1-2H3,(H,18,19). The normalized spacial score (nSPS) is 10.1. The zero-order valence-electron chi connectivity index (χ0n) is 10.7. The minimum atomic E-state index is -0.324. The van der Waals surface area contributed by atoms with Gasteiger partial charge in [0.2, 0.25) is 0 Å². The van der Waals surface area contributed by atoms with E-state index in [0.29, 0.717) is 22.5 Å². The Kier molecular flexibility index (Phi) is 3.75. The van der Waals surface area contributed by atoms with Crippen LogP contribution in [0.15, 0.2) is 36.7 Å². The van der Waals surface area contributed by atoms with E-state index in [1.165, 1.54) is 12.1 Å². The van der Waals surface area contributed by atoms with Gasteiger partial charge in [-0.15, -0.1) is 0 Å². The number of hydrogen-bond donors (Lipinski definition) is 2. The molecule has 0 aliphatic rings. The van der Waals surface area contributed by atoms with Crippen molar-refractivity contribution in [2.45, 2.75) is 6.92 Å². The van der Waals surface area contributed by atoms with Crippen LogP contribution in [0.25, 0.3) is 0 Å². The van der Waals surface area contributed by atoms with Crippen molar-refractivity contribution in [2.75, 3.05) is 17.7 Å². The first-order valence-electron chi connectivity index (χ1n) is 5.81. The largest absolute Gasteiger partial charge is 0.386 e. The van der Waals surface area contributed by atoms with Crippen molar-refractivity contribution in [3.63, 3.8) is 0 Å². The summed E-state index contributed by atoms with van der Waals surface area (Å²) in [6, 6.07) is 5.86. The molecular weight excluding hydrogens is 245 g/mol. The number of amides is 1. The van der Waals surface area contributed by atoms with Crippen molar-refractivity contribution in [3.05, 3.63) is 53.6 Å². The number of nitrogens with one attached hydrogen (secondary N) is 2. The molecule has 19 heavy (non-hydrogen) atoms. The van der Waals surface area contributed by atoms with E-state index in [2.05, 4.69) is 15.6 Å². The molecule has 1 aromatic heterocycles. The lowest BCUT2D eigenvalue weighted by Gasteiger charge is -2.11. The Morgan fingerprint density at radius 2 is 2.05 bits per heavy atom. The summed E-state index contributed by atoms with van der Waals surface area (Å²) in [7, 11) is 1.72. The second-order valence-electron chi connectivity index (χ2n) is 4.08. The predicted octanol–water partition coefficient (Wildman–Crippen LogP) is 2.82. The Morgan fingerprint density at radius 1 is 1.26 bits per heavy atom. The van der Waals surface area contributed by atoms with E-state index in [-0.39, 0.29) is 11.7 Å². The minimum Gasteiger partial charge on any atom is -0.386 e. The molecule has 0 radical (unpaired) electrons. The fourth-order valence-corrected chi connectivity index (χ4v) is 1.75. The fourth-order valence-electron chi connectivity index (χ4n) is 1.75. The van der Waals surface area contributed by atoms with Crippen molar-refractivity contribution in [2.24, 2.45) is 0 Å². The van der Waals surface area contributed by atoms with Crippen molar-refractivity contribution < 1.29 is 9.18 Å². The third kappa shape index (κ3) is 2.88. The molecule has 98 valence electrons. The van der Waals surface area contributed by atoms with E-state index in [0.717, 1.165) is 0 Å². The Bertz CT molecular complexity index is 613. The van der Waals surface area contributed by atoms with Gasteiger partial charge in [-0.05, 0) is 36.8 Å². The Labute approximate surface area is 110 Å². The number of halogens is 1. The van der Waals surface area contributed by atoms with E-state index in [9.17, 15) is 9.18 Å². The van der Waals surface area contributed by atoms with Gasteiger partial charge in [-0.1, -0.05) is 0 Å². The lowest BCUT2D eigenvalue weighted by atomic mass is 10.1. The SMILES string of the molecule is CNc1cnccc1C(=O)Nc1ccc(F)cc1C. The molecule has 1 amide bonds. The third-order valence-electron chi connectivity index (χ3n) is 2.77. The second-order valence-corrected chi connectivity index (χ2v) is 4.08. The number of rotatable bonds is 3. The van der Waals surface area contributed by atoms with Crippen molar-refractivity contribution in [3.8, 4) is 0 Å². The molecule has 0 spiro atoms. The van der Waals surface area contributed by atoms with Crippen LogP contribution in [0.2, 0.25) is 0 Å². The summed E-state index contributed by atoms with van der Waals surface area (Å²) < 4.78 is 13.0. The maximum Gasteiger partial charge on any atom is 0.257 e. The van der Waals surface area contributed by atoms with E-state index in [4.69, 9.17) is 0 Å². The molecule has 2 rings (SSSR count). The number of benzene rings is 1. The number of anilines is 2. The summed E-state index contributed by atoms with van der Waals surface area (Å²) in [5, 5.41) is 5.66. The van der Waals surface area contributed by atoms with Crippen LogP contribution >= 0.6 is 0 Å². The number of carbonyl (C=O) groups excluding carboxylic acids is 1. The van der Waals surface area contributed by atoms with Crippen molar-refractivity contribution >= 4 is 17.3 Å². The molecule has 2 aromatic rings. The van der Waals surface area contributed by atoms with Crippen LogP contribution in [0.1, 0.15) is 15.9 Å². The zero-order valence-corrected chi connectivity index (χ0v) is 10.7. The number of aromatic nitrogens is 1. The van der Waals surface area contributed by atoms with Crippen molar-refractivity contribution in [1.82, 2.24) is 4.98 Å². The van der Waals surface area contributed by atoms with E-state index < -0.39 is 0 Å². The van der Waals surface area contributed by atoms with Crippen LogP contribution in [0.3, 0.4) is 0 Å². The number of hydrogen-bond acceptors (Lipinski definition) is 3. The summed E-state index contributed by atoms with van der Waals surface area (Å²) in [6.07, 6.45) is 3.12. The predicted molar refractivity (Wildman–Crippen MR) is 72.9 cm³/mol. The van der Waals surface area contributed by atoms with Gasteiger partial charge in [0, 0.05) is 18.9 Å². The summed E-state index contributed by atoms with van der Waals surface area (Å²) in [4.78, 5) is 16.1. The van der Waals surface area contributed by atoms with Gasteiger partial charge < -0.3 is 10.6 Å². The van der Waals surface area contributed by atoms with Crippen LogP contribution in [0.4, 0.5) is 15.8 Å². The highest BCUT2D eigenvalue weighted by Gasteiger charge is 2.11. The monoisotopic (exact) mass is 259 g/mol. The number of nitrogens with zero attached hydrogens (tertiary/aromatic N) is 1. The van der Waals surface area contributed by atoms with Crippen LogP contribution < -0.4 is 10.6 Å². The van der Waals surface area contributed by atoms with Crippen LogP contribution in [0.5, 0.6) is 0 Å². The van der Waals surface area contributed by atoms with Gasteiger partial charge in [0.05, 0.1) is 17.4 Å². The molecule has 0 saturated carbocycles. The van der Waals surface area contributed by atoms with Gasteiger partial charge in [-0.3, -0.25) is 9.78 Å². The lowest BCUT2D eigenvalue weighted by Crippen LogP contribution is -2.15. The molecule has 1 aromatic carbocycles. The summed E-state index contributed by atoms with van der Waals surface area (Å²) in [6.45, 7) is 1.74. The van der Waals surface area contributed by atoms with Crippen LogP contribution in [0, 0.1) is 12.7 Å². The van der Waals surface area contributed by atoms with Gasteiger partial charge in [-0.2, -0.15) is 0 Å². The molecule has 0 unspecified atom stereocenters. The molecule has 0 aliphatic carbocycles. The average molecular weight is 259 g/mol. The van der Waals surface area contributed by atoms with Gasteiger partial charge >= 0.3 is 0 Å². The van der Waals surface area contributed by atoms with Gasteiger partial charge in [0.1, 0.15) is 5.82 Å². The number of aryl methyl sites for hydroxylation is 1. The first-order valence-corrected chi connectivity index (χ1v) is 5.81.